The molecule has 1 amide bonds. The number of nitrogens with zero attached hydrogens (tertiary/aromatic N) is 3. The number of benzene rings is 2. The molecule has 0 saturated carbocycles. The van der Waals surface area contributed by atoms with Gasteiger partial charge in [0.2, 0.25) is 5.91 Å². The molecule has 1 aromatic heterocycles. The number of piperidine rings is 1. The number of rotatable bonds is 5. The van der Waals surface area contributed by atoms with Crippen molar-refractivity contribution in [1.29, 1.82) is 0 Å². The molecule has 0 aliphatic carbocycles. The highest BCUT2D eigenvalue weighted by molar-refractivity contribution is 9.10. The Bertz CT molecular complexity index is 1060. The van der Waals surface area contributed by atoms with Gasteiger partial charge in [0.25, 0.3) is 5.56 Å². The third kappa shape index (κ3) is 4.74. The Kier molecular flexibility index (Phi) is 6.06. The molecule has 6 nitrogen and oxygen atoms in total. The van der Waals surface area contributed by atoms with Gasteiger partial charge in [-0.2, -0.15) is 0 Å². The van der Waals surface area contributed by atoms with Crippen molar-refractivity contribution in [1.82, 2.24) is 14.5 Å². The molecule has 1 fully saturated rings. The van der Waals surface area contributed by atoms with Crippen molar-refractivity contribution in [3.8, 4) is 0 Å². The van der Waals surface area contributed by atoms with Crippen LogP contribution in [0.5, 0.6) is 0 Å². The molecule has 0 N–H and O–H groups in total. The number of halogens is 1. The first-order valence-corrected chi connectivity index (χ1v) is 10.5. The first-order valence-electron chi connectivity index (χ1n) is 9.68. The van der Waals surface area contributed by atoms with Gasteiger partial charge in [0, 0.05) is 17.6 Å². The number of carbonyl (C=O) groups is 1. The minimum Gasteiger partial charge on any atom is -0.373 e. The van der Waals surface area contributed by atoms with Crippen LogP contribution in [0.3, 0.4) is 0 Å². The average molecular weight is 456 g/mol. The van der Waals surface area contributed by atoms with E-state index in [1.807, 2.05) is 36.4 Å². The van der Waals surface area contributed by atoms with Crippen LogP contribution in [0, 0.1) is 0 Å². The summed E-state index contributed by atoms with van der Waals surface area (Å²) in [6, 6.07) is 15.5. The Morgan fingerprint density at radius 3 is 2.66 bits per heavy atom. The van der Waals surface area contributed by atoms with E-state index in [1.165, 1.54) is 10.9 Å². The van der Waals surface area contributed by atoms with Crippen molar-refractivity contribution in [3.05, 3.63) is 75.2 Å². The zero-order valence-electron chi connectivity index (χ0n) is 16.0. The van der Waals surface area contributed by atoms with E-state index in [-0.39, 0.29) is 24.1 Å². The molecular weight excluding hydrogens is 434 g/mol. The predicted molar refractivity (Wildman–Crippen MR) is 115 cm³/mol. The van der Waals surface area contributed by atoms with Crippen LogP contribution in [-0.4, -0.2) is 39.6 Å². The highest BCUT2D eigenvalue weighted by Crippen LogP contribution is 2.17. The van der Waals surface area contributed by atoms with Crippen molar-refractivity contribution in [2.75, 3.05) is 13.1 Å². The van der Waals surface area contributed by atoms with Gasteiger partial charge in [-0.15, -0.1) is 0 Å². The lowest BCUT2D eigenvalue weighted by atomic mass is 10.1. The third-order valence-electron chi connectivity index (χ3n) is 5.21. The second kappa shape index (κ2) is 8.88. The Balaban J connectivity index is 1.34. The molecule has 4 rings (SSSR count). The van der Waals surface area contributed by atoms with Crippen LogP contribution < -0.4 is 5.56 Å². The number of ether oxygens (including phenoxy) is 1. The van der Waals surface area contributed by atoms with E-state index in [0.717, 1.165) is 22.9 Å². The summed E-state index contributed by atoms with van der Waals surface area (Å²) in [6.07, 6.45) is 3.21. The Labute approximate surface area is 177 Å². The van der Waals surface area contributed by atoms with Crippen LogP contribution in [0.1, 0.15) is 18.4 Å². The summed E-state index contributed by atoms with van der Waals surface area (Å²) in [5.41, 5.74) is 1.57. The molecule has 150 valence electrons. The van der Waals surface area contributed by atoms with Gasteiger partial charge in [-0.1, -0.05) is 46.3 Å². The van der Waals surface area contributed by atoms with E-state index in [2.05, 4.69) is 20.9 Å². The van der Waals surface area contributed by atoms with Gasteiger partial charge >= 0.3 is 0 Å². The number of likely N-dealkylation sites (tertiary alicyclic amines) is 1. The molecule has 7 heteroatoms. The van der Waals surface area contributed by atoms with Crippen LogP contribution in [0.4, 0.5) is 0 Å². The van der Waals surface area contributed by atoms with Crippen molar-refractivity contribution >= 4 is 32.7 Å². The Morgan fingerprint density at radius 2 is 1.90 bits per heavy atom. The highest BCUT2D eigenvalue weighted by Gasteiger charge is 2.23. The van der Waals surface area contributed by atoms with Gasteiger partial charge in [-0.05, 0) is 36.6 Å². The van der Waals surface area contributed by atoms with Gasteiger partial charge in [0.05, 0.1) is 29.9 Å². The van der Waals surface area contributed by atoms with E-state index in [1.54, 1.807) is 17.0 Å². The fourth-order valence-electron chi connectivity index (χ4n) is 3.55. The minimum absolute atomic E-state index is 0.00380. The number of aromatic nitrogens is 2. The van der Waals surface area contributed by atoms with Crippen molar-refractivity contribution in [2.24, 2.45) is 0 Å². The number of carbonyl (C=O) groups excluding carboxylic acids is 1. The summed E-state index contributed by atoms with van der Waals surface area (Å²) in [5, 5.41) is 0.502. The first-order chi connectivity index (χ1) is 14.1. The van der Waals surface area contributed by atoms with Crippen LogP contribution >= 0.6 is 15.9 Å². The summed E-state index contributed by atoms with van der Waals surface area (Å²) >= 11 is 3.37. The molecule has 0 unspecified atom stereocenters. The maximum absolute atomic E-state index is 12.7. The maximum atomic E-state index is 12.7. The Hall–Kier alpha value is -2.51. The Morgan fingerprint density at radius 1 is 1.14 bits per heavy atom. The molecule has 1 saturated heterocycles. The number of hydrogen-bond acceptors (Lipinski definition) is 4. The lowest BCUT2D eigenvalue weighted by molar-refractivity contribution is -0.134. The normalized spacial score (nSPS) is 15.0. The molecule has 0 radical (unpaired) electrons. The summed E-state index contributed by atoms with van der Waals surface area (Å²) < 4.78 is 8.18. The predicted octanol–water partition coefficient (Wildman–Crippen LogP) is 3.37. The smallest absolute Gasteiger partial charge is 0.261 e. The lowest BCUT2D eigenvalue weighted by Crippen LogP contribution is -2.43. The largest absolute Gasteiger partial charge is 0.373 e. The summed E-state index contributed by atoms with van der Waals surface area (Å²) in [6.45, 7) is 1.87. The molecule has 2 heterocycles. The van der Waals surface area contributed by atoms with E-state index < -0.39 is 0 Å². The van der Waals surface area contributed by atoms with Gasteiger partial charge in [-0.3, -0.25) is 14.2 Å². The minimum atomic E-state index is -0.203. The van der Waals surface area contributed by atoms with E-state index in [9.17, 15) is 9.59 Å². The second-order valence-corrected chi connectivity index (χ2v) is 8.13. The quantitative estimate of drug-likeness (QED) is 0.591. The molecule has 1 aliphatic rings. The molecule has 0 spiro atoms. The van der Waals surface area contributed by atoms with Gasteiger partial charge in [-0.25, -0.2) is 4.98 Å². The summed E-state index contributed by atoms with van der Waals surface area (Å²) in [5.74, 6) is -0.0650. The molecule has 2 aromatic carbocycles. The lowest BCUT2D eigenvalue weighted by Gasteiger charge is -2.32. The standard InChI is InChI=1S/C22H22BrN3O3/c23-17-6-7-20-19(12-17)22(28)26(15-24-20)13-21(27)25-10-8-18(9-11-25)29-14-16-4-2-1-3-5-16/h1-7,12,15,18H,8-11,13-14H2. The van der Waals surface area contributed by atoms with Gasteiger partial charge in [0.1, 0.15) is 6.54 Å². The zero-order valence-corrected chi connectivity index (χ0v) is 17.5. The van der Waals surface area contributed by atoms with Gasteiger partial charge in [0.15, 0.2) is 0 Å². The first kappa shape index (κ1) is 19.8. The van der Waals surface area contributed by atoms with E-state index >= 15 is 0 Å². The van der Waals surface area contributed by atoms with Crippen molar-refractivity contribution in [2.45, 2.75) is 32.1 Å². The van der Waals surface area contributed by atoms with Crippen LogP contribution in [-0.2, 0) is 22.7 Å². The fourth-order valence-corrected chi connectivity index (χ4v) is 3.91. The summed E-state index contributed by atoms with van der Waals surface area (Å²) in [7, 11) is 0. The topological polar surface area (TPSA) is 64.4 Å². The molecular formula is C22H22BrN3O3. The van der Waals surface area contributed by atoms with Gasteiger partial charge < -0.3 is 9.64 Å². The van der Waals surface area contributed by atoms with Crippen molar-refractivity contribution in [3.63, 3.8) is 0 Å². The molecule has 1 aliphatic heterocycles. The average Bonchev–Trinajstić information content (AvgIpc) is 2.75. The third-order valence-corrected chi connectivity index (χ3v) is 5.71. The molecule has 0 atom stereocenters. The van der Waals surface area contributed by atoms with E-state index in [4.69, 9.17) is 4.74 Å². The number of amides is 1. The molecule has 3 aromatic rings. The molecule has 29 heavy (non-hydrogen) atoms. The number of fused-ring (bicyclic) bond motifs is 1. The number of hydrogen-bond donors (Lipinski definition) is 0. The highest BCUT2D eigenvalue weighted by atomic mass is 79.9. The summed E-state index contributed by atoms with van der Waals surface area (Å²) in [4.78, 5) is 31.5. The molecule has 0 bridgehead atoms. The fraction of sp³-hybridized carbons (Fsp3) is 0.318. The maximum Gasteiger partial charge on any atom is 0.261 e. The van der Waals surface area contributed by atoms with Crippen LogP contribution in [0.2, 0.25) is 0 Å². The SMILES string of the molecule is O=C(Cn1cnc2ccc(Br)cc2c1=O)N1CCC(OCc2ccccc2)CC1. The zero-order chi connectivity index (χ0) is 20.2. The monoisotopic (exact) mass is 455 g/mol. The van der Waals surface area contributed by atoms with Crippen LogP contribution in [0.25, 0.3) is 10.9 Å². The van der Waals surface area contributed by atoms with E-state index in [0.29, 0.717) is 30.6 Å². The van der Waals surface area contributed by atoms with Crippen molar-refractivity contribution < 1.29 is 9.53 Å². The van der Waals surface area contributed by atoms with Crippen LogP contribution in [0.15, 0.2) is 64.1 Å². The second-order valence-electron chi connectivity index (χ2n) is 7.22.